The summed E-state index contributed by atoms with van der Waals surface area (Å²) in [6.07, 6.45) is 2.71. The number of hydrogen-bond donors (Lipinski definition) is 1. The van der Waals surface area contributed by atoms with Gasteiger partial charge in [0.05, 0.1) is 0 Å². The van der Waals surface area contributed by atoms with Crippen LogP contribution in [0, 0.1) is 0 Å². The third kappa shape index (κ3) is 2.96. The molecule has 0 aliphatic carbocycles. The average molecular weight is 240 g/mol. The second-order valence-electron chi connectivity index (χ2n) is 5.28. The van der Waals surface area contributed by atoms with Gasteiger partial charge in [-0.05, 0) is 23.3 Å². The zero-order chi connectivity index (χ0) is 13.0. The molecule has 0 saturated carbocycles. The highest BCUT2D eigenvalue weighted by molar-refractivity contribution is 5.30. The van der Waals surface area contributed by atoms with E-state index in [9.17, 15) is 0 Å². The number of aromatic nitrogens is 1. The number of hydrogen-bond acceptors (Lipinski definition) is 2. The highest BCUT2D eigenvalue weighted by atomic mass is 14.7. The lowest BCUT2D eigenvalue weighted by Crippen LogP contribution is -2.27. The van der Waals surface area contributed by atoms with Crippen LogP contribution in [0.1, 0.15) is 30.7 Å². The zero-order valence-electron chi connectivity index (χ0n) is 11.1. The van der Waals surface area contributed by atoms with Gasteiger partial charge in [0.25, 0.3) is 0 Å². The molecule has 0 radical (unpaired) electrons. The van der Waals surface area contributed by atoms with Gasteiger partial charge in [0.15, 0.2) is 0 Å². The van der Waals surface area contributed by atoms with Crippen LogP contribution in [0.15, 0.2) is 48.7 Å². The summed E-state index contributed by atoms with van der Waals surface area (Å²) in [6, 6.07) is 14.7. The number of rotatable bonds is 4. The molecule has 2 N–H and O–H groups in total. The monoisotopic (exact) mass is 240 g/mol. The van der Waals surface area contributed by atoms with Crippen LogP contribution < -0.4 is 5.73 Å². The maximum atomic E-state index is 5.79. The molecule has 0 spiro atoms. The van der Waals surface area contributed by atoms with E-state index in [1.807, 2.05) is 18.3 Å². The first-order valence-electron chi connectivity index (χ1n) is 6.31. The van der Waals surface area contributed by atoms with Crippen molar-refractivity contribution in [3.05, 3.63) is 65.5 Å². The Bertz CT molecular complexity index is 486. The summed E-state index contributed by atoms with van der Waals surface area (Å²) in [4.78, 5) is 4.34. The van der Waals surface area contributed by atoms with Crippen molar-refractivity contribution in [2.24, 2.45) is 5.73 Å². The minimum Gasteiger partial charge on any atom is -0.330 e. The minimum atomic E-state index is 0.0452. The maximum Gasteiger partial charge on any atom is 0.0447 e. The van der Waals surface area contributed by atoms with Gasteiger partial charge in [-0.15, -0.1) is 0 Å². The third-order valence-electron chi connectivity index (χ3n) is 3.36. The summed E-state index contributed by atoms with van der Waals surface area (Å²) in [5, 5.41) is 0. The fourth-order valence-electron chi connectivity index (χ4n) is 1.90. The van der Waals surface area contributed by atoms with Gasteiger partial charge >= 0.3 is 0 Å². The van der Waals surface area contributed by atoms with Gasteiger partial charge in [-0.25, -0.2) is 0 Å². The van der Waals surface area contributed by atoms with Gasteiger partial charge in [0.2, 0.25) is 0 Å². The van der Waals surface area contributed by atoms with E-state index in [1.54, 1.807) is 0 Å². The lowest BCUT2D eigenvalue weighted by atomic mass is 9.84. The molecule has 2 rings (SSSR count). The molecule has 0 aliphatic heterocycles. The van der Waals surface area contributed by atoms with Crippen molar-refractivity contribution in [2.45, 2.75) is 25.7 Å². The van der Waals surface area contributed by atoms with Gasteiger partial charge in [-0.2, -0.15) is 0 Å². The number of benzene rings is 1. The molecule has 0 bridgehead atoms. The fraction of sp³-hybridized carbons (Fsp3) is 0.312. The van der Waals surface area contributed by atoms with Crippen LogP contribution in [0.25, 0.3) is 0 Å². The molecule has 0 atom stereocenters. The quantitative estimate of drug-likeness (QED) is 0.892. The Hall–Kier alpha value is -1.67. The van der Waals surface area contributed by atoms with Gasteiger partial charge in [-0.1, -0.05) is 44.2 Å². The number of nitrogens with two attached hydrogens (primary N) is 1. The molecular weight excluding hydrogens is 220 g/mol. The highest BCUT2D eigenvalue weighted by Crippen LogP contribution is 2.22. The van der Waals surface area contributed by atoms with Crippen LogP contribution in [-0.2, 0) is 11.8 Å². The van der Waals surface area contributed by atoms with E-state index in [0.717, 1.165) is 12.1 Å². The summed E-state index contributed by atoms with van der Waals surface area (Å²) in [5.74, 6) is 0. The SMILES string of the molecule is CC(C)(CN)c1ccc(Cc2ccccn2)cc1. The molecule has 1 aromatic heterocycles. The van der Waals surface area contributed by atoms with Crippen molar-refractivity contribution in [3.63, 3.8) is 0 Å². The normalized spacial score (nSPS) is 11.5. The first kappa shape index (κ1) is 12.8. The van der Waals surface area contributed by atoms with Gasteiger partial charge < -0.3 is 5.73 Å². The lowest BCUT2D eigenvalue weighted by molar-refractivity contribution is 0.539. The highest BCUT2D eigenvalue weighted by Gasteiger charge is 2.17. The van der Waals surface area contributed by atoms with Crippen molar-refractivity contribution < 1.29 is 0 Å². The van der Waals surface area contributed by atoms with Crippen LogP contribution in [0.3, 0.4) is 0 Å². The van der Waals surface area contributed by atoms with E-state index in [4.69, 9.17) is 5.73 Å². The largest absolute Gasteiger partial charge is 0.330 e. The summed E-state index contributed by atoms with van der Waals surface area (Å²) >= 11 is 0. The number of pyridine rings is 1. The van der Waals surface area contributed by atoms with Crippen molar-refractivity contribution in [1.82, 2.24) is 4.98 Å². The topological polar surface area (TPSA) is 38.9 Å². The van der Waals surface area contributed by atoms with Crippen molar-refractivity contribution in [2.75, 3.05) is 6.54 Å². The van der Waals surface area contributed by atoms with Crippen LogP contribution in [0.2, 0.25) is 0 Å². The van der Waals surface area contributed by atoms with Crippen LogP contribution >= 0.6 is 0 Å². The Labute approximate surface area is 109 Å². The summed E-state index contributed by atoms with van der Waals surface area (Å²) in [6.45, 7) is 4.99. The first-order valence-corrected chi connectivity index (χ1v) is 6.31. The van der Waals surface area contributed by atoms with Gasteiger partial charge in [0, 0.05) is 30.3 Å². The first-order chi connectivity index (χ1) is 8.62. The number of nitrogens with zero attached hydrogens (tertiary/aromatic N) is 1. The summed E-state index contributed by atoms with van der Waals surface area (Å²) in [7, 11) is 0. The maximum absolute atomic E-state index is 5.79. The van der Waals surface area contributed by atoms with E-state index in [2.05, 4.69) is 49.2 Å². The second kappa shape index (κ2) is 5.32. The van der Waals surface area contributed by atoms with E-state index in [1.165, 1.54) is 11.1 Å². The molecule has 0 saturated heterocycles. The zero-order valence-corrected chi connectivity index (χ0v) is 11.1. The molecule has 0 unspecified atom stereocenters. The lowest BCUT2D eigenvalue weighted by Gasteiger charge is -2.23. The molecule has 2 nitrogen and oxygen atoms in total. The molecule has 2 aromatic rings. The van der Waals surface area contributed by atoms with E-state index in [-0.39, 0.29) is 5.41 Å². The molecule has 94 valence electrons. The standard InChI is InChI=1S/C16H20N2/c1-16(2,12-17)14-8-6-13(7-9-14)11-15-5-3-4-10-18-15/h3-10H,11-12,17H2,1-2H3. The van der Waals surface area contributed by atoms with Crippen molar-refractivity contribution in [1.29, 1.82) is 0 Å². The Morgan fingerprint density at radius 3 is 2.33 bits per heavy atom. The van der Waals surface area contributed by atoms with E-state index >= 15 is 0 Å². The van der Waals surface area contributed by atoms with Crippen LogP contribution in [-0.4, -0.2) is 11.5 Å². The Morgan fingerprint density at radius 2 is 1.78 bits per heavy atom. The van der Waals surface area contributed by atoms with Gasteiger partial charge in [0.1, 0.15) is 0 Å². The van der Waals surface area contributed by atoms with E-state index < -0.39 is 0 Å². The van der Waals surface area contributed by atoms with Crippen molar-refractivity contribution >= 4 is 0 Å². The molecule has 2 heteroatoms. The molecule has 1 aromatic carbocycles. The molecule has 1 heterocycles. The Morgan fingerprint density at radius 1 is 1.06 bits per heavy atom. The molecule has 0 amide bonds. The Kier molecular flexibility index (Phi) is 3.78. The minimum absolute atomic E-state index is 0.0452. The average Bonchev–Trinajstić information content (AvgIpc) is 2.40. The summed E-state index contributed by atoms with van der Waals surface area (Å²) < 4.78 is 0. The fourth-order valence-corrected chi connectivity index (χ4v) is 1.90. The van der Waals surface area contributed by atoms with Crippen LogP contribution in [0.4, 0.5) is 0 Å². The predicted molar refractivity (Wildman–Crippen MR) is 75.6 cm³/mol. The molecule has 0 fully saturated rings. The molecule has 18 heavy (non-hydrogen) atoms. The summed E-state index contributed by atoms with van der Waals surface area (Å²) in [5.41, 5.74) is 9.50. The molecule has 0 aliphatic rings. The second-order valence-corrected chi connectivity index (χ2v) is 5.28. The Balaban J connectivity index is 2.14. The van der Waals surface area contributed by atoms with Crippen molar-refractivity contribution in [3.8, 4) is 0 Å². The smallest absolute Gasteiger partial charge is 0.0447 e. The van der Waals surface area contributed by atoms with Gasteiger partial charge in [-0.3, -0.25) is 4.98 Å². The van der Waals surface area contributed by atoms with E-state index in [0.29, 0.717) is 6.54 Å². The predicted octanol–water partition coefficient (Wildman–Crippen LogP) is 2.91. The molecular formula is C16H20N2. The third-order valence-corrected chi connectivity index (χ3v) is 3.36. The van der Waals surface area contributed by atoms with Crippen LogP contribution in [0.5, 0.6) is 0 Å².